The Morgan fingerprint density at radius 1 is 1.00 bits per heavy atom. The van der Waals surface area contributed by atoms with Crippen molar-refractivity contribution in [3.05, 3.63) is 0 Å². The lowest BCUT2D eigenvalue weighted by molar-refractivity contribution is 0.0176. The molecule has 21 heavy (non-hydrogen) atoms. The highest BCUT2D eigenvalue weighted by atomic mass is 15.2. The molecule has 1 saturated heterocycles. The molecule has 2 aliphatic carbocycles. The fourth-order valence-corrected chi connectivity index (χ4v) is 5.39. The van der Waals surface area contributed by atoms with Crippen molar-refractivity contribution in [2.45, 2.75) is 90.1 Å². The van der Waals surface area contributed by atoms with Gasteiger partial charge in [0.15, 0.2) is 0 Å². The van der Waals surface area contributed by atoms with Crippen LogP contribution >= 0.6 is 0 Å². The zero-order valence-electron chi connectivity index (χ0n) is 14.4. The molecule has 2 saturated carbocycles. The van der Waals surface area contributed by atoms with Crippen molar-refractivity contribution < 1.29 is 0 Å². The Morgan fingerprint density at radius 3 is 2.38 bits per heavy atom. The standard InChI is InChI=1S/C19H36N2/c1-3-20-17-8-7-16(2)15-18(17)21-13-11-19(12-14-21)9-5-4-6-10-19/h16-18,20H,3-15H2,1-2H3. The largest absolute Gasteiger partial charge is 0.313 e. The summed E-state index contributed by atoms with van der Waals surface area (Å²) in [6, 6.07) is 1.57. The molecule has 3 aliphatic rings. The summed E-state index contributed by atoms with van der Waals surface area (Å²) in [6.07, 6.45) is 14.7. The van der Waals surface area contributed by atoms with E-state index in [4.69, 9.17) is 0 Å². The lowest BCUT2D eigenvalue weighted by Crippen LogP contribution is -2.56. The molecule has 1 heterocycles. The molecule has 3 rings (SSSR count). The van der Waals surface area contributed by atoms with Gasteiger partial charge in [-0.1, -0.05) is 33.1 Å². The van der Waals surface area contributed by atoms with Gasteiger partial charge in [-0.25, -0.2) is 0 Å². The lowest BCUT2D eigenvalue weighted by Gasteiger charge is -2.49. The van der Waals surface area contributed by atoms with Gasteiger partial charge in [0.25, 0.3) is 0 Å². The number of nitrogens with one attached hydrogen (secondary N) is 1. The van der Waals surface area contributed by atoms with E-state index in [0.717, 1.165) is 30.0 Å². The molecule has 0 aromatic carbocycles. The zero-order valence-corrected chi connectivity index (χ0v) is 14.4. The van der Waals surface area contributed by atoms with E-state index in [0.29, 0.717) is 0 Å². The minimum absolute atomic E-state index is 0.753. The van der Waals surface area contributed by atoms with Gasteiger partial charge in [-0.3, -0.25) is 4.90 Å². The second-order valence-electron chi connectivity index (χ2n) is 8.25. The highest BCUT2D eigenvalue weighted by Crippen LogP contribution is 2.45. The molecule has 2 nitrogen and oxygen atoms in total. The van der Waals surface area contributed by atoms with Crippen LogP contribution in [0.2, 0.25) is 0 Å². The highest BCUT2D eigenvalue weighted by Gasteiger charge is 2.39. The van der Waals surface area contributed by atoms with Gasteiger partial charge < -0.3 is 5.32 Å². The van der Waals surface area contributed by atoms with E-state index in [9.17, 15) is 0 Å². The van der Waals surface area contributed by atoms with Gasteiger partial charge in [0.2, 0.25) is 0 Å². The van der Waals surface area contributed by atoms with Gasteiger partial charge in [-0.2, -0.15) is 0 Å². The van der Waals surface area contributed by atoms with Crippen LogP contribution in [-0.2, 0) is 0 Å². The van der Waals surface area contributed by atoms with Crippen LogP contribution in [0.5, 0.6) is 0 Å². The van der Waals surface area contributed by atoms with Crippen molar-refractivity contribution in [2.75, 3.05) is 19.6 Å². The van der Waals surface area contributed by atoms with Crippen LogP contribution in [0.4, 0.5) is 0 Å². The van der Waals surface area contributed by atoms with E-state index in [1.54, 1.807) is 0 Å². The molecule has 3 fully saturated rings. The third kappa shape index (κ3) is 3.64. The Hall–Kier alpha value is -0.0800. The molecule has 1 spiro atoms. The average molecular weight is 293 g/mol. The molecule has 122 valence electrons. The van der Waals surface area contributed by atoms with Gasteiger partial charge in [-0.05, 0) is 75.9 Å². The van der Waals surface area contributed by atoms with Crippen LogP contribution in [0.25, 0.3) is 0 Å². The number of hydrogen-bond acceptors (Lipinski definition) is 2. The minimum Gasteiger partial charge on any atom is -0.313 e. The summed E-state index contributed by atoms with van der Waals surface area (Å²) < 4.78 is 0. The van der Waals surface area contributed by atoms with Crippen molar-refractivity contribution >= 4 is 0 Å². The Labute approximate surface area is 132 Å². The molecule has 3 atom stereocenters. The summed E-state index contributed by atoms with van der Waals surface area (Å²) in [4.78, 5) is 2.86. The summed E-state index contributed by atoms with van der Waals surface area (Å²) in [5.41, 5.74) is 0.753. The predicted octanol–water partition coefficient (Wildman–Crippen LogP) is 4.20. The Morgan fingerprint density at radius 2 is 1.71 bits per heavy atom. The molecular weight excluding hydrogens is 256 g/mol. The fourth-order valence-electron chi connectivity index (χ4n) is 5.39. The molecular formula is C19H36N2. The Bertz CT molecular complexity index is 312. The molecule has 0 amide bonds. The van der Waals surface area contributed by atoms with Gasteiger partial charge in [0, 0.05) is 12.1 Å². The van der Waals surface area contributed by atoms with E-state index < -0.39 is 0 Å². The molecule has 0 radical (unpaired) electrons. The van der Waals surface area contributed by atoms with E-state index >= 15 is 0 Å². The molecule has 3 unspecified atom stereocenters. The third-order valence-corrected chi connectivity index (χ3v) is 6.79. The van der Waals surface area contributed by atoms with Crippen LogP contribution in [0, 0.1) is 11.3 Å². The zero-order chi connectivity index (χ0) is 14.7. The monoisotopic (exact) mass is 292 g/mol. The Balaban J connectivity index is 1.58. The maximum Gasteiger partial charge on any atom is 0.0251 e. The quantitative estimate of drug-likeness (QED) is 0.838. The normalized spacial score (nSPS) is 37.7. The first-order valence-corrected chi connectivity index (χ1v) is 9.70. The average Bonchev–Trinajstić information content (AvgIpc) is 2.51. The second kappa shape index (κ2) is 7.00. The van der Waals surface area contributed by atoms with E-state index in [1.165, 1.54) is 77.3 Å². The summed E-state index contributed by atoms with van der Waals surface area (Å²) >= 11 is 0. The smallest absolute Gasteiger partial charge is 0.0251 e. The van der Waals surface area contributed by atoms with Crippen LogP contribution in [0.3, 0.4) is 0 Å². The minimum atomic E-state index is 0.753. The summed E-state index contributed by atoms with van der Waals surface area (Å²) in [7, 11) is 0. The number of hydrogen-bond donors (Lipinski definition) is 1. The summed E-state index contributed by atoms with van der Waals surface area (Å²) in [5.74, 6) is 0.926. The second-order valence-corrected chi connectivity index (χ2v) is 8.25. The maximum atomic E-state index is 3.78. The number of likely N-dealkylation sites (N-methyl/N-ethyl adjacent to an activating group) is 1. The molecule has 1 N–H and O–H groups in total. The Kier molecular flexibility index (Phi) is 5.27. The topological polar surface area (TPSA) is 15.3 Å². The van der Waals surface area contributed by atoms with Crippen molar-refractivity contribution in [1.29, 1.82) is 0 Å². The lowest BCUT2D eigenvalue weighted by atomic mass is 9.67. The summed E-state index contributed by atoms with van der Waals surface area (Å²) in [6.45, 7) is 8.61. The number of likely N-dealkylation sites (tertiary alicyclic amines) is 1. The molecule has 0 aromatic rings. The molecule has 2 heteroatoms. The van der Waals surface area contributed by atoms with Gasteiger partial charge in [-0.15, -0.1) is 0 Å². The maximum absolute atomic E-state index is 3.78. The van der Waals surface area contributed by atoms with Crippen LogP contribution in [0.15, 0.2) is 0 Å². The molecule has 0 aromatic heterocycles. The SMILES string of the molecule is CCNC1CCC(C)CC1N1CCC2(CCCCC2)CC1. The highest BCUT2D eigenvalue weighted by molar-refractivity contribution is 4.95. The molecule has 1 aliphatic heterocycles. The molecule has 0 bridgehead atoms. The third-order valence-electron chi connectivity index (χ3n) is 6.79. The van der Waals surface area contributed by atoms with Gasteiger partial charge >= 0.3 is 0 Å². The van der Waals surface area contributed by atoms with Crippen molar-refractivity contribution in [2.24, 2.45) is 11.3 Å². The van der Waals surface area contributed by atoms with E-state index in [1.807, 2.05) is 0 Å². The van der Waals surface area contributed by atoms with E-state index in [-0.39, 0.29) is 0 Å². The van der Waals surface area contributed by atoms with Crippen LogP contribution in [-0.4, -0.2) is 36.6 Å². The van der Waals surface area contributed by atoms with Gasteiger partial charge in [0.05, 0.1) is 0 Å². The number of rotatable bonds is 3. The fraction of sp³-hybridized carbons (Fsp3) is 1.00. The first-order chi connectivity index (χ1) is 10.2. The van der Waals surface area contributed by atoms with Crippen molar-refractivity contribution in [3.8, 4) is 0 Å². The predicted molar refractivity (Wildman–Crippen MR) is 90.6 cm³/mol. The van der Waals surface area contributed by atoms with Gasteiger partial charge in [0.1, 0.15) is 0 Å². The first-order valence-electron chi connectivity index (χ1n) is 9.70. The summed E-state index contributed by atoms with van der Waals surface area (Å²) in [5, 5.41) is 3.78. The number of piperidine rings is 1. The van der Waals surface area contributed by atoms with E-state index in [2.05, 4.69) is 24.1 Å². The number of nitrogens with zero attached hydrogens (tertiary/aromatic N) is 1. The van der Waals surface area contributed by atoms with Crippen LogP contribution < -0.4 is 5.32 Å². The van der Waals surface area contributed by atoms with Crippen molar-refractivity contribution in [1.82, 2.24) is 10.2 Å². The van der Waals surface area contributed by atoms with Crippen LogP contribution in [0.1, 0.15) is 78.1 Å². The first kappa shape index (κ1) is 15.8. The van der Waals surface area contributed by atoms with Crippen molar-refractivity contribution in [3.63, 3.8) is 0 Å².